The van der Waals surface area contributed by atoms with E-state index in [-0.39, 0.29) is 11.3 Å². The third kappa shape index (κ3) is 2.19. The molecule has 1 N–H and O–H groups in total. The molecule has 0 aromatic heterocycles. The zero-order valence-electron chi connectivity index (χ0n) is 16.5. The number of rotatable bonds is 2. The predicted molar refractivity (Wildman–Crippen MR) is 114 cm³/mol. The van der Waals surface area contributed by atoms with Gasteiger partial charge < -0.3 is 10.2 Å². The Kier molecular flexibility index (Phi) is 3.48. The molecule has 3 heteroatoms. The monoisotopic (exact) mass is 368 g/mol. The molecule has 3 nitrogen and oxygen atoms in total. The first kappa shape index (κ1) is 17.1. The second-order valence-electron chi connectivity index (χ2n) is 8.48. The van der Waals surface area contributed by atoms with Gasteiger partial charge in [-0.05, 0) is 41.3 Å². The average molecular weight is 368 g/mol. The first-order valence-electron chi connectivity index (χ1n) is 9.80. The van der Waals surface area contributed by atoms with Gasteiger partial charge in [0.2, 0.25) is 5.91 Å². The second kappa shape index (κ2) is 5.71. The molecule has 140 valence electrons. The van der Waals surface area contributed by atoms with Crippen LogP contribution in [-0.4, -0.2) is 18.1 Å². The maximum atomic E-state index is 12.3. The fourth-order valence-corrected chi connectivity index (χ4v) is 4.78. The molecule has 1 amide bonds. The van der Waals surface area contributed by atoms with E-state index < -0.39 is 5.66 Å². The van der Waals surface area contributed by atoms with Crippen molar-refractivity contribution in [3.05, 3.63) is 78.4 Å². The van der Waals surface area contributed by atoms with Gasteiger partial charge in [0.05, 0.1) is 12.2 Å². The molecular formula is C25H24N2O. The number of benzene rings is 3. The smallest absolute Gasteiger partial charge is 0.241 e. The number of hydrogen-bond donors (Lipinski definition) is 1. The third-order valence-electron chi connectivity index (χ3n) is 6.69. The maximum Gasteiger partial charge on any atom is 0.241 e. The summed E-state index contributed by atoms with van der Waals surface area (Å²) in [4.78, 5) is 14.6. The number of carbonyl (C=O) groups excluding carboxylic acids is 1. The SMILES string of the molecule is CC1(C)c2cc(-c3ccccc3)cc(-c3ccccc3)c2N2CC(=O)NC21C. The maximum absolute atomic E-state index is 12.3. The molecule has 1 saturated heterocycles. The van der Waals surface area contributed by atoms with Crippen LogP contribution in [0.15, 0.2) is 72.8 Å². The number of nitrogens with one attached hydrogen (secondary N) is 1. The first-order valence-corrected chi connectivity index (χ1v) is 9.80. The quantitative estimate of drug-likeness (QED) is 0.693. The molecule has 0 radical (unpaired) electrons. The van der Waals surface area contributed by atoms with Gasteiger partial charge in [0.1, 0.15) is 5.66 Å². The topological polar surface area (TPSA) is 32.3 Å². The fraction of sp³-hybridized carbons (Fsp3) is 0.240. The number of hydrogen-bond acceptors (Lipinski definition) is 2. The molecule has 3 aromatic rings. The lowest BCUT2D eigenvalue weighted by molar-refractivity contribution is -0.119. The Hall–Kier alpha value is -3.07. The zero-order valence-corrected chi connectivity index (χ0v) is 16.5. The molecule has 1 unspecified atom stereocenters. The molecule has 1 atom stereocenters. The van der Waals surface area contributed by atoms with Crippen molar-refractivity contribution in [3.63, 3.8) is 0 Å². The van der Waals surface area contributed by atoms with Crippen LogP contribution in [0.2, 0.25) is 0 Å². The van der Waals surface area contributed by atoms with Crippen LogP contribution in [0.3, 0.4) is 0 Å². The summed E-state index contributed by atoms with van der Waals surface area (Å²) in [6.45, 7) is 7.02. The van der Waals surface area contributed by atoms with Crippen LogP contribution in [0.25, 0.3) is 22.3 Å². The van der Waals surface area contributed by atoms with Crippen molar-refractivity contribution < 1.29 is 4.79 Å². The molecule has 1 fully saturated rings. The summed E-state index contributed by atoms with van der Waals surface area (Å²) in [6, 6.07) is 25.6. The van der Waals surface area contributed by atoms with E-state index in [0.717, 1.165) is 0 Å². The third-order valence-corrected chi connectivity index (χ3v) is 6.69. The van der Waals surface area contributed by atoms with Gasteiger partial charge in [-0.3, -0.25) is 4.79 Å². The van der Waals surface area contributed by atoms with Gasteiger partial charge in [0.25, 0.3) is 0 Å². The van der Waals surface area contributed by atoms with E-state index in [1.54, 1.807) is 0 Å². The highest BCUT2D eigenvalue weighted by atomic mass is 16.2. The standard InChI is InChI=1S/C25H24N2O/c1-24(2)21-15-19(17-10-6-4-7-11-17)14-20(18-12-8-5-9-13-18)23(21)27-16-22(28)26-25(24,27)3/h4-15H,16H2,1-3H3,(H,26,28). The zero-order chi connectivity index (χ0) is 19.5. The Labute approximate surface area is 166 Å². The summed E-state index contributed by atoms with van der Waals surface area (Å²) in [5, 5.41) is 3.25. The lowest BCUT2D eigenvalue weighted by Crippen LogP contribution is -2.57. The lowest BCUT2D eigenvalue weighted by Gasteiger charge is -2.39. The number of fused-ring (bicyclic) bond motifs is 3. The van der Waals surface area contributed by atoms with Crippen LogP contribution in [0.1, 0.15) is 26.3 Å². The lowest BCUT2D eigenvalue weighted by atomic mass is 9.75. The van der Waals surface area contributed by atoms with E-state index in [1.807, 2.05) is 12.1 Å². The van der Waals surface area contributed by atoms with Gasteiger partial charge in [0, 0.05) is 11.0 Å². The van der Waals surface area contributed by atoms with Crippen molar-refractivity contribution in [2.75, 3.05) is 11.4 Å². The molecule has 0 spiro atoms. The summed E-state index contributed by atoms with van der Waals surface area (Å²) in [6.07, 6.45) is 0. The van der Waals surface area contributed by atoms with Crippen molar-refractivity contribution in [3.8, 4) is 22.3 Å². The van der Waals surface area contributed by atoms with Gasteiger partial charge in [-0.25, -0.2) is 0 Å². The molecule has 0 bridgehead atoms. The van der Waals surface area contributed by atoms with Crippen molar-refractivity contribution in [1.29, 1.82) is 0 Å². The van der Waals surface area contributed by atoms with Crippen molar-refractivity contribution in [1.82, 2.24) is 5.32 Å². The van der Waals surface area contributed by atoms with E-state index in [0.29, 0.717) is 6.54 Å². The fourth-order valence-electron chi connectivity index (χ4n) is 4.78. The van der Waals surface area contributed by atoms with E-state index in [2.05, 4.69) is 91.7 Å². The number of carbonyl (C=O) groups is 1. The second-order valence-corrected chi connectivity index (χ2v) is 8.48. The number of nitrogens with zero attached hydrogens (tertiary/aromatic N) is 1. The van der Waals surface area contributed by atoms with Crippen LogP contribution in [0, 0.1) is 0 Å². The highest BCUT2D eigenvalue weighted by Crippen LogP contribution is 2.56. The van der Waals surface area contributed by atoms with Crippen LogP contribution >= 0.6 is 0 Å². The largest absolute Gasteiger partial charge is 0.338 e. The Morgan fingerprint density at radius 1 is 0.821 bits per heavy atom. The highest BCUT2D eigenvalue weighted by Gasteiger charge is 2.59. The number of amides is 1. The van der Waals surface area contributed by atoms with Crippen LogP contribution in [0.5, 0.6) is 0 Å². The van der Waals surface area contributed by atoms with E-state index in [9.17, 15) is 4.79 Å². The van der Waals surface area contributed by atoms with Crippen LogP contribution < -0.4 is 10.2 Å². The molecular weight excluding hydrogens is 344 g/mol. The van der Waals surface area contributed by atoms with Crippen LogP contribution in [-0.2, 0) is 10.2 Å². The molecule has 0 saturated carbocycles. The van der Waals surface area contributed by atoms with Gasteiger partial charge >= 0.3 is 0 Å². The van der Waals surface area contributed by atoms with Gasteiger partial charge in [-0.1, -0.05) is 74.5 Å². The first-order chi connectivity index (χ1) is 13.4. The highest BCUT2D eigenvalue weighted by molar-refractivity contribution is 5.96. The minimum atomic E-state index is -0.425. The van der Waals surface area contributed by atoms with Crippen molar-refractivity contribution >= 4 is 11.6 Å². The van der Waals surface area contributed by atoms with Gasteiger partial charge in [0.15, 0.2) is 0 Å². The minimum Gasteiger partial charge on any atom is -0.338 e. The van der Waals surface area contributed by atoms with Gasteiger partial charge in [-0.2, -0.15) is 0 Å². The summed E-state index contributed by atoms with van der Waals surface area (Å²) < 4.78 is 0. The van der Waals surface area contributed by atoms with E-state index in [4.69, 9.17) is 0 Å². The minimum absolute atomic E-state index is 0.0902. The molecule has 3 aromatic carbocycles. The molecule has 2 aliphatic rings. The number of anilines is 1. The van der Waals surface area contributed by atoms with Crippen molar-refractivity contribution in [2.24, 2.45) is 0 Å². The summed E-state index contributed by atoms with van der Waals surface area (Å²) >= 11 is 0. The predicted octanol–water partition coefficient (Wildman–Crippen LogP) is 4.96. The molecule has 28 heavy (non-hydrogen) atoms. The van der Waals surface area contributed by atoms with E-state index >= 15 is 0 Å². The summed E-state index contributed by atoms with van der Waals surface area (Å²) in [7, 11) is 0. The van der Waals surface area contributed by atoms with Gasteiger partial charge in [-0.15, -0.1) is 0 Å². The van der Waals surface area contributed by atoms with Crippen molar-refractivity contribution in [2.45, 2.75) is 31.8 Å². The Bertz CT molecular complexity index is 1070. The normalized spacial score (nSPS) is 22.0. The average Bonchev–Trinajstić information content (AvgIpc) is 3.10. The van der Waals surface area contributed by atoms with E-state index in [1.165, 1.54) is 33.5 Å². The Balaban J connectivity index is 1.83. The molecule has 0 aliphatic carbocycles. The molecule has 2 aliphatic heterocycles. The summed E-state index contributed by atoms with van der Waals surface area (Å²) in [5.41, 5.74) is 6.60. The summed E-state index contributed by atoms with van der Waals surface area (Å²) in [5.74, 6) is 0.0902. The van der Waals surface area contributed by atoms with Crippen LogP contribution in [0.4, 0.5) is 5.69 Å². The molecule has 5 rings (SSSR count). The Morgan fingerprint density at radius 2 is 1.43 bits per heavy atom. The Morgan fingerprint density at radius 3 is 2.07 bits per heavy atom. The molecule has 2 heterocycles.